The molecular formula is C11H13ClN2O3. The molecular weight excluding hydrogens is 244 g/mol. The van der Waals surface area contributed by atoms with Crippen LogP contribution in [0.15, 0.2) is 12.1 Å². The van der Waals surface area contributed by atoms with Crippen LogP contribution in [-0.4, -0.2) is 36.8 Å². The fourth-order valence-corrected chi connectivity index (χ4v) is 1.70. The van der Waals surface area contributed by atoms with E-state index in [4.69, 9.17) is 21.1 Å². The number of ether oxygens (including phenoxy) is 2. The van der Waals surface area contributed by atoms with Gasteiger partial charge in [-0.05, 0) is 19.1 Å². The highest BCUT2D eigenvalue weighted by molar-refractivity contribution is 6.29. The van der Waals surface area contributed by atoms with E-state index < -0.39 is 6.10 Å². The van der Waals surface area contributed by atoms with Crippen molar-refractivity contribution in [3.8, 4) is 0 Å². The van der Waals surface area contributed by atoms with Gasteiger partial charge in [-0.1, -0.05) is 11.6 Å². The number of aryl methyl sites for hydroxylation is 1. The van der Waals surface area contributed by atoms with E-state index in [0.29, 0.717) is 29.7 Å². The third-order valence-electron chi connectivity index (χ3n) is 2.42. The molecule has 2 heterocycles. The van der Waals surface area contributed by atoms with Crippen LogP contribution in [0.1, 0.15) is 5.69 Å². The summed E-state index contributed by atoms with van der Waals surface area (Å²) in [6.45, 7) is 3.03. The van der Waals surface area contributed by atoms with Gasteiger partial charge in [0.25, 0.3) is 5.91 Å². The van der Waals surface area contributed by atoms with Crippen LogP contribution in [0.3, 0.4) is 0 Å². The number of anilines is 1. The van der Waals surface area contributed by atoms with Gasteiger partial charge in [-0.15, -0.1) is 0 Å². The maximum absolute atomic E-state index is 11.8. The summed E-state index contributed by atoms with van der Waals surface area (Å²) >= 11 is 5.73. The van der Waals surface area contributed by atoms with Crippen molar-refractivity contribution < 1.29 is 14.3 Å². The minimum absolute atomic E-state index is 0.225. The van der Waals surface area contributed by atoms with Gasteiger partial charge in [0, 0.05) is 0 Å². The monoisotopic (exact) mass is 256 g/mol. The van der Waals surface area contributed by atoms with Gasteiger partial charge in [0.1, 0.15) is 5.15 Å². The van der Waals surface area contributed by atoms with Gasteiger partial charge in [-0.25, -0.2) is 4.98 Å². The molecule has 1 amide bonds. The van der Waals surface area contributed by atoms with E-state index in [9.17, 15) is 4.79 Å². The van der Waals surface area contributed by atoms with E-state index in [1.165, 1.54) is 0 Å². The highest BCUT2D eigenvalue weighted by Gasteiger charge is 2.23. The highest BCUT2D eigenvalue weighted by Crippen LogP contribution is 2.16. The minimum Gasteiger partial charge on any atom is -0.376 e. The zero-order valence-corrected chi connectivity index (χ0v) is 10.2. The molecule has 17 heavy (non-hydrogen) atoms. The van der Waals surface area contributed by atoms with Crippen molar-refractivity contribution in [1.29, 1.82) is 0 Å². The lowest BCUT2D eigenvalue weighted by atomic mass is 10.2. The normalized spacial score (nSPS) is 20.0. The smallest absolute Gasteiger partial charge is 0.255 e. The number of aromatic nitrogens is 1. The second-order valence-electron chi connectivity index (χ2n) is 3.69. The van der Waals surface area contributed by atoms with Crippen LogP contribution in [0.2, 0.25) is 5.15 Å². The molecule has 0 aliphatic carbocycles. The third kappa shape index (κ3) is 3.15. The van der Waals surface area contributed by atoms with E-state index in [0.717, 1.165) is 0 Å². The second kappa shape index (κ2) is 5.44. The Morgan fingerprint density at radius 1 is 1.53 bits per heavy atom. The molecule has 1 aromatic rings. The molecule has 1 aliphatic rings. The van der Waals surface area contributed by atoms with Crippen molar-refractivity contribution in [1.82, 2.24) is 4.98 Å². The van der Waals surface area contributed by atoms with Gasteiger partial charge in [0.2, 0.25) is 0 Å². The van der Waals surface area contributed by atoms with Crippen molar-refractivity contribution >= 4 is 23.2 Å². The molecule has 1 unspecified atom stereocenters. The van der Waals surface area contributed by atoms with Gasteiger partial charge < -0.3 is 14.8 Å². The predicted molar refractivity (Wildman–Crippen MR) is 63.2 cm³/mol. The van der Waals surface area contributed by atoms with Crippen LogP contribution in [0.25, 0.3) is 0 Å². The number of hydrogen-bond acceptors (Lipinski definition) is 4. The molecule has 6 heteroatoms. The van der Waals surface area contributed by atoms with Crippen molar-refractivity contribution in [2.24, 2.45) is 0 Å². The standard InChI is InChI=1S/C11H13ClN2O3/c1-7-8(2-3-10(12)13-7)14-11(15)9-6-16-4-5-17-9/h2-3,9H,4-6H2,1H3,(H,14,15). The van der Waals surface area contributed by atoms with E-state index in [-0.39, 0.29) is 12.5 Å². The van der Waals surface area contributed by atoms with Crippen LogP contribution in [0, 0.1) is 6.92 Å². The number of nitrogens with one attached hydrogen (secondary N) is 1. The average Bonchev–Trinajstić information content (AvgIpc) is 2.34. The summed E-state index contributed by atoms with van der Waals surface area (Å²) in [5.74, 6) is -0.225. The summed E-state index contributed by atoms with van der Waals surface area (Å²) in [4.78, 5) is 15.9. The Kier molecular flexibility index (Phi) is 3.93. The summed E-state index contributed by atoms with van der Waals surface area (Å²) in [5, 5.41) is 3.14. The predicted octanol–water partition coefficient (Wildman–Crippen LogP) is 1.40. The molecule has 1 N–H and O–H groups in total. The first-order chi connectivity index (χ1) is 8.16. The molecule has 1 atom stereocenters. The summed E-state index contributed by atoms with van der Waals surface area (Å²) in [6, 6.07) is 3.34. The van der Waals surface area contributed by atoms with E-state index in [2.05, 4.69) is 10.3 Å². The number of pyridine rings is 1. The zero-order valence-electron chi connectivity index (χ0n) is 9.40. The lowest BCUT2D eigenvalue weighted by Gasteiger charge is -2.22. The van der Waals surface area contributed by atoms with Crippen molar-refractivity contribution in [3.63, 3.8) is 0 Å². The first-order valence-corrected chi connectivity index (χ1v) is 5.68. The van der Waals surface area contributed by atoms with E-state index in [1.807, 2.05) is 0 Å². The SMILES string of the molecule is Cc1nc(Cl)ccc1NC(=O)C1COCCO1. The minimum atomic E-state index is -0.557. The topological polar surface area (TPSA) is 60.5 Å². The molecule has 1 fully saturated rings. The molecule has 0 aromatic carbocycles. The van der Waals surface area contributed by atoms with Crippen LogP contribution < -0.4 is 5.32 Å². The largest absolute Gasteiger partial charge is 0.376 e. The molecule has 2 rings (SSSR count). The Morgan fingerprint density at radius 2 is 2.35 bits per heavy atom. The van der Waals surface area contributed by atoms with Crippen LogP contribution >= 0.6 is 11.6 Å². The fourth-order valence-electron chi connectivity index (χ4n) is 1.51. The van der Waals surface area contributed by atoms with Crippen LogP contribution in [-0.2, 0) is 14.3 Å². The van der Waals surface area contributed by atoms with Gasteiger partial charge in [-0.2, -0.15) is 0 Å². The maximum Gasteiger partial charge on any atom is 0.255 e. The van der Waals surface area contributed by atoms with Gasteiger partial charge >= 0.3 is 0 Å². The Bertz CT molecular complexity index is 419. The molecule has 1 aromatic heterocycles. The van der Waals surface area contributed by atoms with Crippen LogP contribution in [0.5, 0.6) is 0 Å². The summed E-state index contributed by atoms with van der Waals surface area (Å²) < 4.78 is 10.5. The van der Waals surface area contributed by atoms with E-state index >= 15 is 0 Å². The Labute approximate surface area is 104 Å². The van der Waals surface area contributed by atoms with Gasteiger partial charge in [-0.3, -0.25) is 4.79 Å². The molecule has 0 bridgehead atoms. The summed E-state index contributed by atoms with van der Waals surface area (Å²) in [6.07, 6.45) is -0.557. The molecule has 0 radical (unpaired) electrons. The quantitative estimate of drug-likeness (QED) is 0.813. The van der Waals surface area contributed by atoms with E-state index in [1.54, 1.807) is 19.1 Å². The second-order valence-corrected chi connectivity index (χ2v) is 4.08. The van der Waals surface area contributed by atoms with Crippen molar-refractivity contribution in [2.75, 3.05) is 25.1 Å². The number of halogens is 1. The Hall–Kier alpha value is -1.17. The first-order valence-electron chi connectivity index (χ1n) is 5.30. The summed E-state index contributed by atoms with van der Waals surface area (Å²) in [7, 11) is 0. The van der Waals surface area contributed by atoms with Crippen LogP contribution in [0.4, 0.5) is 5.69 Å². The molecule has 92 valence electrons. The maximum atomic E-state index is 11.8. The Balaban J connectivity index is 2.02. The number of amides is 1. The number of carbonyl (C=O) groups excluding carboxylic acids is 1. The average molecular weight is 257 g/mol. The first kappa shape index (κ1) is 12.3. The summed E-state index contributed by atoms with van der Waals surface area (Å²) in [5.41, 5.74) is 1.30. The molecule has 0 saturated carbocycles. The lowest BCUT2D eigenvalue weighted by molar-refractivity contribution is -0.142. The van der Waals surface area contributed by atoms with Gasteiger partial charge in [0.15, 0.2) is 6.10 Å². The zero-order chi connectivity index (χ0) is 12.3. The molecule has 1 aliphatic heterocycles. The molecule has 0 spiro atoms. The molecule has 1 saturated heterocycles. The number of nitrogens with zero attached hydrogens (tertiary/aromatic N) is 1. The van der Waals surface area contributed by atoms with Crippen molar-refractivity contribution in [3.05, 3.63) is 23.0 Å². The number of rotatable bonds is 2. The molecule has 5 nitrogen and oxygen atoms in total. The number of carbonyl (C=O) groups is 1. The lowest BCUT2D eigenvalue weighted by Crippen LogP contribution is -2.39. The fraction of sp³-hybridized carbons (Fsp3) is 0.455. The van der Waals surface area contributed by atoms with Crippen molar-refractivity contribution in [2.45, 2.75) is 13.0 Å². The van der Waals surface area contributed by atoms with Gasteiger partial charge in [0.05, 0.1) is 31.2 Å². The highest BCUT2D eigenvalue weighted by atomic mass is 35.5. The number of hydrogen-bond donors (Lipinski definition) is 1. The third-order valence-corrected chi connectivity index (χ3v) is 2.63. The Morgan fingerprint density at radius 3 is 3.00 bits per heavy atom.